The van der Waals surface area contributed by atoms with E-state index in [-0.39, 0.29) is 0 Å². The van der Waals surface area contributed by atoms with E-state index in [9.17, 15) is 0 Å². The normalized spacial score (nSPS) is 22.2. The maximum atomic E-state index is 6.04. The van der Waals surface area contributed by atoms with Crippen LogP contribution < -0.4 is 5.32 Å². The molecular formula is C16H18ClNS. The lowest BCUT2D eigenvalue weighted by Gasteiger charge is -2.36. The number of hydrogen-bond acceptors (Lipinski definition) is 2. The Balaban J connectivity index is 1.49. The molecule has 19 heavy (non-hydrogen) atoms. The summed E-state index contributed by atoms with van der Waals surface area (Å²) < 4.78 is 0. The van der Waals surface area contributed by atoms with Crippen LogP contribution in [0.15, 0.2) is 35.0 Å². The summed E-state index contributed by atoms with van der Waals surface area (Å²) in [5, 5.41) is 8.96. The highest BCUT2D eigenvalue weighted by atomic mass is 35.5. The van der Waals surface area contributed by atoms with Gasteiger partial charge in [0.15, 0.2) is 0 Å². The minimum absolute atomic E-state index is 0.656. The van der Waals surface area contributed by atoms with Crippen LogP contribution in [0.1, 0.15) is 35.4 Å². The van der Waals surface area contributed by atoms with E-state index in [4.69, 9.17) is 11.6 Å². The van der Waals surface area contributed by atoms with Gasteiger partial charge in [0.25, 0.3) is 0 Å². The molecule has 100 valence electrons. The Hall–Kier alpha value is -0.830. The van der Waals surface area contributed by atoms with Gasteiger partial charge in [0.2, 0.25) is 0 Å². The number of hydrogen-bond donors (Lipinski definition) is 1. The van der Waals surface area contributed by atoms with Gasteiger partial charge in [-0.05, 0) is 65.3 Å². The average molecular weight is 292 g/mol. The number of aryl methyl sites for hydroxylation is 1. The molecule has 3 heteroatoms. The van der Waals surface area contributed by atoms with Crippen molar-refractivity contribution in [3.63, 3.8) is 0 Å². The van der Waals surface area contributed by atoms with Crippen molar-refractivity contribution >= 4 is 22.9 Å². The highest BCUT2D eigenvalue weighted by molar-refractivity contribution is 7.08. The van der Waals surface area contributed by atoms with Gasteiger partial charge < -0.3 is 5.32 Å². The highest BCUT2D eigenvalue weighted by Gasteiger charge is 2.29. The number of benzene rings is 1. The van der Waals surface area contributed by atoms with E-state index in [1.807, 2.05) is 12.1 Å². The molecule has 3 rings (SSSR count). The molecule has 1 aliphatic rings. The Morgan fingerprint density at radius 3 is 2.84 bits per heavy atom. The molecule has 1 aromatic heterocycles. The fourth-order valence-electron chi connectivity index (χ4n) is 2.64. The first-order valence-electron chi connectivity index (χ1n) is 6.73. The van der Waals surface area contributed by atoms with Crippen molar-refractivity contribution in [1.82, 2.24) is 5.32 Å². The third-order valence-corrected chi connectivity index (χ3v) is 5.15. The van der Waals surface area contributed by atoms with Crippen LogP contribution in [-0.2, 0) is 6.54 Å². The Kier molecular flexibility index (Phi) is 3.92. The minimum Gasteiger partial charge on any atom is -0.310 e. The topological polar surface area (TPSA) is 12.0 Å². The molecule has 1 N–H and O–H groups in total. The van der Waals surface area contributed by atoms with Gasteiger partial charge in [0.05, 0.1) is 0 Å². The fraction of sp³-hybridized carbons (Fsp3) is 0.375. The molecule has 0 bridgehead atoms. The molecule has 0 amide bonds. The molecule has 0 saturated heterocycles. The van der Waals surface area contributed by atoms with E-state index in [1.54, 1.807) is 11.3 Å². The summed E-state index contributed by atoms with van der Waals surface area (Å²) in [7, 11) is 0. The van der Waals surface area contributed by atoms with Gasteiger partial charge in [0, 0.05) is 17.6 Å². The van der Waals surface area contributed by atoms with Gasteiger partial charge in [-0.3, -0.25) is 0 Å². The number of nitrogens with one attached hydrogen (secondary N) is 1. The fourth-order valence-corrected chi connectivity index (χ4v) is 3.70. The van der Waals surface area contributed by atoms with Crippen LogP contribution in [-0.4, -0.2) is 6.04 Å². The lowest BCUT2D eigenvalue weighted by molar-refractivity contribution is 0.289. The maximum Gasteiger partial charge on any atom is 0.0408 e. The van der Waals surface area contributed by atoms with Crippen molar-refractivity contribution in [2.75, 3.05) is 0 Å². The first-order chi connectivity index (χ1) is 9.22. The number of halogens is 1. The van der Waals surface area contributed by atoms with Gasteiger partial charge >= 0.3 is 0 Å². The van der Waals surface area contributed by atoms with Crippen molar-refractivity contribution in [3.05, 3.63) is 56.7 Å². The van der Waals surface area contributed by atoms with Gasteiger partial charge in [-0.1, -0.05) is 23.7 Å². The smallest absolute Gasteiger partial charge is 0.0408 e. The molecule has 1 heterocycles. The molecule has 0 spiro atoms. The number of thiophene rings is 1. The molecule has 1 fully saturated rings. The molecule has 1 nitrogen and oxygen atoms in total. The summed E-state index contributed by atoms with van der Waals surface area (Å²) in [6.07, 6.45) is 2.45. The Bertz CT molecular complexity index is 557. The van der Waals surface area contributed by atoms with E-state index in [1.165, 1.54) is 29.5 Å². The minimum atomic E-state index is 0.656. The predicted molar refractivity (Wildman–Crippen MR) is 83.1 cm³/mol. The molecule has 1 aromatic carbocycles. The van der Waals surface area contributed by atoms with Crippen LogP contribution in [0.3, 0.4) is 0 Å². The highest BCUT2D eigenvalue weighted by Crippen LogP contribution is 2.37. The van der Waals surface area contributed by atoms with Crippen LogP contribution in [0.25, 0.3) is 0 Å². The molecule has 1 saturated carbocycles. The lowest BCUT2D eigenvalue weighted by Crippen LogP contribution is -2.39. The summed E-state index contributed by atoms with van der Waals surface area (Å²) in [6, 6.07) is 8.94. The quantitative estimate of drug-likeness (QED) is 0.857. The second-order valence-corrected chi connectivity index (χ2v) is 6.56. The molecule has 0 unspecified atom stereocenters. The van der Waals surface area contributed by atoms with E-state index >= 15 is 0 Å². The maximum absolute atomic E-state index is 6.04. The van der Waals surface area contributed by atoms with Gasteiger partial charge in [0.1, 0.15) is 0 Å². The van der Waals surface area contributed by atoms with Gasteiger partial charge in [-0.2, -0.15) is 11.3 Å². The van der Waals surface area contributed by atoms with Crippen LogP contribution in [0.4, 0.5) is 0 Å². The van der Waals surface area contributed by atoms with Crippen LogP contribution in [0.5, 0.6) is 0 Å². The third-order valence-electron chi connectivity index (χ3n) is 4.00. The van der Waals surface area contributed by atoms with Crippen LogP contribution in [0.2, 0.25) is 5.02 Å². The molecule has 0 atom stereocenters. The predicted octanol–water partition coefficient (Wildman–Crippen LogP) is 4.75. The van der Waals surface area contributed by atoms with Crippen molar-refractivity contribution < 1.29 is 0 Å². The monoisotopic (exact) mass is 291 g/mol. The zero-order valence-electron chi connectivity index (χ0n) is 11.0. The standard InChI is InChI=1S/C16H18ClNS/c1-11-9-19-10-14(11)8-18-16-6-13(7-16)12-3-2-4-15(17)5-12/h2-5,9-10,13,16,18H,6-8H2,1H3. The summed E-state index contributed by atoms with van der Waals surface area (Å²) >= 11 is 7.83. The third kappa shape index (κ3) is 3.02. The molecule has 0 radical (unpaired) electrons. The number of rotatable bonds is 4. The Morgan fingerprint density at radius 1 is 1.32 bits per heavy atom. The average Bonchev–Trinajstić information content (AvgIpc) is 2.73. The van der Waals surface area contributed by atoms with Crippen molar-refractivity contribution in [2.45, 2.75) is 38.3 Å². The Labute approximate surface area is 123 Å². The summed E-state index contributed by atoms with van der Waals surface area (Å²) in [5.41, 5.74) is 4.23. The zero-order valence-corrected chi connectivity index (χ0v) is 12.6. The first-order valence-corrected chi connectivity index (χ1v) is 8.05. The second-order valence-electron chi connectivity index (χ2n) is 5.38. The van der Waals surface area contributed by atoms with Gasteiger partial charge in [-0.25, -0.2) is 0 Å². The molecular weight excluding hydrogens is 274 g/mol. The van der Waals surface area contributed by atoms with Crippen LogP contribution >= 0.6 is 22.9 Å². The van der Waals surface area contributed by atoms with Gasteiger partial charge in [-0.15, -0.1) is 0 Å². The van der Waals surface area contributed by atoms with Crippen molar-refractivity contribution in [2.24, 2.45) is 0 Å². The first kappa shape index (κ1) is 13.2. The van der Waals surface area contributed by atoms with E-state index in [0.717, 1.165) is 11.6 Å². The second kappa shape index (κ2) is 5.66. The lowest BCUT2D eigenvalue weighted by atomic mass is 9.76. The zero-order chi connectivity index (χ0) is 13.2. The van der Waals surface area contributed by atoms with Crippen molar-refractivity contribution in [1.29, 1.82) is 0 Å². The summed E-state index contributed by atoms with van der Waals surface area (Å²) in [5.74, 6) is 0.680. The summed E-state index contributed by atoms with van der Waals surface area (Å²) in [6.45, 7) is 3.19. The van der Waals surface area contributed by atoms with E-state index in [2.05, 4.69) is 35.1 Å². The van der Waals surface area contributed by atoms with Crippen LogP contribution in [0, 0.1) is 6.92 Å². The largest absolute Gasteiger partial charge is 0.310 e. The van der Waals surface area contributed by atoms with E-state index in [0.29, 0.717) is 12.0 Å². The summed E-state index contributed by atoms with van der Waals surface area (Å²) in [4.78, 5) is 0. The van der Waals surface area contributed by atoms with E-state index < -0.39 is 0 Å². The molecule has 0 aliphatic heterocycles. The molecule has 1 aliphatic carbocycles. The molecule has 2 aromatic rings. The van der Waals surface area contributed by atoms with Crippen molar-refractivity contribution in [3.8, 4) is 0 Å². The Morgan fingerprint density at radius 2 is 2.16 bits per heavy atom. The SMILES string of the molecule is Cc1cscc1CNC1CC(c2cccc(Cl)c2)C1.